The summed E-state index contributed by atoms with van der Waals surface area (Å²) in [6, 6.07) is 14.7. The number of imidazole rings is 1. The lowest BCUT2D eigenvalue weighted by atomic mass is 9.92. The minimum absolute atomic E-state index is 0.0286. The molecule has 1 atom stereocenters. The molecule has 20 heavy (non-hydrogen) atoms. The number of nitrogens with two attached hydrogens (primary N) is 1. The van der Waals surface area contributed by atoms with E-state index in [2.05, 4.69) is 11.1 Å². The van der Waals surface area contributed by atoms with Gasteiger partial charge in [-0.1, -0.05) is 30.3 Å². The first kappa shape index (κ1) is 13.3. The normalized spacial score (nSPS) is 12.7. The van der Waals surface area contributed by atoms with Gasteiger partial charge in [0.05, 0.1) is 18.9 Å². The maximum absolute atomic E-state index is 9.37. The van der Waals surface area contributed by atoms with E-state index in [1.54, 1.807) is 24.3 Å². The summed E-state index contributed by atoms with van der Waals surface area (Å²) in [5, 5.41) is 27.3. The van der Waals surface area contributed by atoms with Crippen LogP contribution in [0.1, 0.15) is 17.0 Å². The first-order valence-corrected chi connectivity index (χ1v) is 5.75. The molecule has 0 aliphatic rings. The minimum Gasteiger partial charge on any atom is -0.318 e. The van der Waals surface area contributed by atoms with Crippen molar-refractivity contribution in [3.05, 3.63) is 53.6 Å². The van der Waals surface area contributed by atoms with Gasteiger partial charge in [-0.2, -0.15) is 15.8 Å². The second-order valence-corrected chi connectivity index (χ2v) is 4.24. The van der Waals surface area contributed by atoms with Gasteiger partial charge in [-0.25, -0.2) is 4.98 Å². The highest BCUT2D eigenvalue weighted by atomic mass is 15.1. The summed E-state index contributed by atoms with van der Waals surface area (Å²) in [5.74, 6) is 0. The van der Waals surface area contributed by atoms with Gasteiger partial charge in [0.1, 0.15) is 17.7 Å². The molecular formula is C14H10N6. The number of rotatable bonds is 3. The van der Waals surface area contributed by atoms with Gasteiger partial charge in [-0.15, -0.1) is 0 Å². The average molecular weight is 262 g/mol. The molecule has 0 bridgehead atoms. The Morgan fingerprint density at radius 1 is 1.15 bits per heavy atom. The summed E-state index contributed by atoms with van der Waals surface area (Å²) in [6.07, 6.45) is 1.35. The zero-order valence-electron chi connectivity index (χ0n) is 10.5. The molecule has 96 valence electrons. The highest BCUT2D eigenvalue weighted by Crippen LogP contribution is 2.21. The van der Waals surface area contributed by atoms with Crippen LogP contribution in [0.5, 0.6) is 0 Å². The molecule has 1 aromatic heterocycles. The Bertz CT molecular complexity index is 741. The Balaban J connectivity index is 2.43. The number of benzene rings is 1. The lowest BCUT2D eigenvalue weighted by molar-refractivity contribution is 0.470. The molecule has 1 unspecified atom stereocenters. The topological polar surface area (TPSA) is 115 Å². The van der Waals surface area contributed by atoms with Crippen LogP contribution in [-0.2, 0) is 12.1 Å². The van der Waals surface area contributed by atoms with Crippen molar-refractivity contribution in [2.24, 2.45) is 5.73 Å². The van der Waals surface area contributed by atoms with E-state index >= 15 is 0 Å². The van der Waals surface area contributed by atoms with Crippen molar-refractivity contribution in [2.75, 3.05) is 0 Å². The molecule has 1 aromatic carbocycles. The van der Waals surface area contributed by atoms with Crippen molar-refractivity contribution < 1.29 is 0 Å². The third-order valence-electron chi connectivity index (χ3n) is 2.96. The van der Waals surface area contributed by atoms with Crippen molar-refractivity contribution >= 4 is 0 Å². The van der Waals surface area contributed by atoms with E-state index in [-0.39, 0.29) is 17.9 Å². The number of nitriles is 3. The molecule has 0 aliphatic carbocycles. The Hall–Kier alpha value is -3.14. The van der Waals surface area contributed by atoms with Crippen LogP contribution in [0.25, 0.3) is 0 Å². The lowest BCUT2D eigenvalue weighted by Crippen LogP contribution is -2.39. The lowest BCUT2D eigenvalue weighted by Gasteiger charge is -2.22. The zero-order valence-corrected chi connectivity index (χ0v) is 10.5. The van der Waals surface area contributed by atoms with Gasteiger partial charge in [0, 0.05) is 0 Å². The summed E-state index contributed by atoms with van der Waals surface area (Å²) in [6.45, 7) is 0.0467. The monoisotopic (exact) mass is 262 g/mol. The van der Waals surface area contributed by atoms with Crippen LogP contribution in [0.15, 0.2) is 36.7 Å². The van der Waals surface area contributed by atoms with Crippen LogP contribution in [0, 0.1) is 34.0 Å². The van der Waals surface area contributed by atoms with Crippen molar-refractivity contribution in [1.29, 1.82) is 15.8 Å². The molecule has 0 amide bonds. The van der Waals surface area contributed by atoms with E-state index in [0.717, 1.165) is 0 Å². The van der Waals surface area contributed by atoms with Gasteiger partial charge in [0.2, 0.25) is 0 Å². The van der Waals surface area contributed by atoms with Gasteiger partial charge in [0.15, 0.2) is 11.4 Å². The van der Waals surface area contributed by atoms with Gasteiger partial charge in [-0.3, -0.25) is 0 Å². The fourth-order valence-electron chi connectivity index (χ4n) is 1.90. The number of hydrogen-bond donors (Lipinski definition) is 1. The summed E-state index contributed by atoms with van der Waals surface area (Å²) in [5.41, 5.74) is 5.60. The summed E-state index contributed by atoms with van der Waals surface area (Å²) < 4.78 is 1.43. The number of aromatic nitrogens is 2. The third-order valence-corrected chi connectivity index (χ3v) is 2.96. The van der Waals surface area contributed by atoms with Crippen LogP contribution < -0.4 is 5.73 Å². The SMILES string of the molecule is N#Cc1ncn(CC(N)(C#N)c2ccccc2)c1C#N. The van der Waals surface area contributed by atoms with Crippen LogP contribution in [0.3, 0.4) is 0 Å². The van der Waals surface area contributed by atoms with Crippen LogP contribution in [-0.4, -0.2) is 9.55 Å². The molecule has 0 saturated heterocycles. The molecule has 6 nitrogen and oxygen atoms in total. The molecule has 0 spiro atoms. The number of nitrogens with zero attached hydrogens (tertiary/aromatic N) is 5. The smallest absolute Gasteiger partial charge is 0.176 e. The largest absolute Gasteiger partial charge is 0.318 e. The molecule has 0 fully saturated rings. The summed E-state index contributed by atoms with van der Waals surface area (Å²) in [7, 11) is 0. The first-order valence-electron chi connectivity index (χ1n) is 5.75. The summed E-state index contributed by atoms with van der Waals surface area (Å²) in [4.78, 5) is 3.83. The Kier molecular flexibility index (Phi) is 3.48. The molecule has 0 aliphatic heterocycles. The van der Waals surface area contributed by atoms with E-state index in [1.165, 1.54) is 10.9 Å². The van der Waals surface area contributed by atoms with Gasteiger partial charge in [-0.05, 0) is 5.56 Å². The van der Waals surface area contributed by atoms with Crippen LogP contribution in [0.4, 0.5) is 0 Å². The van der Waals surface area contributed by atoms with Crippen molar-refractivity contribution in [3.8, 4) is 18.2 Å². The van der Waals surface area contributed by atoms with Gasteiger partial charge < -0.3 is 10.3 Å². The van der Waals surface area contributed by atoms with E-state index < -0.39 is 5.54 Å². The van der Waals surface area contributed by atoms with E-state index in [9.17, 15) is 5.26 Å². The number of hydrogen-bond acceptors (Lipinski definition) is 5. The predicted molar refractivity (Wildman–Crippen MR) is 69.6 cm³/mol. The average Bonchev–Trinajstić information content (AvgIpc) is 2.89. The van der Waals surface area contributed by atoms with Crippen molar-refractivity contribution in [3.63, 3.8) is 0 Å². The van der Waals surface area contributed by atoms with Crippen LogP contribution >= 0.6 is 0 Å². The Morgan fingerprint density at radius 3 is 2.40 bits per heavy atom. The van der Waals surface area contributed by atoms with Crippen LogP contribution in [0.2, 0.25) is 0 Å². The first-order chi connectivity index (χ1) is 9.64. The molecule has 2 aromatic rings. The molecule has 1 heterocycles. The Morgan fingerprint density at radius 2 is 1.85 bits per heavy atom. The molecule has 2 N–H and O–H groups in total. The molecular weight excluding hydrogens is 252 g/mol. The quantitative estimate of drug-likeness (QED) is 0.885. The Labute approximate surface area is 115 Å². The maximum atomic E-state index is 9.37. The van der Waals surface area contributed by atoms with E-state index in [0.29, 0.717) is 5.56 Å². The summed E-state index contributed by atoms with van der Waals surface area (Å²) >= 11 is 0. The van der Waals surface area contributed by atoms with Gasteiger partial charge >= 0.3 is 0 Å². The van der Waals surface area contributed by atoms with Crippen molar-refractivity contribution in [2.45, 2.75) is 12.1 Å². The zero-order chi connectivity index (χ0) is 14.6. The second kappa shape index (κ2) is 5.24. The highest BCUT2D eigenvalue weighted by Gasteiger charge is 2.29. The predicted octanol–water partition coefficient (Wildman–Crippen LogP) is 1.00. The third kappa shape index (κ3) is 2.22. The molecule has 2 rings (SSSR count). The molecule has 0 saturated carbocycles. The molecule has 6 heteroatoms. The minimum atomic E-state index is -1.29. The van der Waals surface area contributed by atoms with Gasteiger partial charge in [0.25, 0.3) is 0 Å². The molecule has 0 radical (unpaired) electrons. The second-order valence-electron chi connectivity index (χ2n) is 4.24. The maximum Gasteiger partial charge on any atom is 0.176 e. The van der Waals surface area contributed by atoms with E-state index in [1.807, 2.05) is 18.2 Å². The fraction of sp³-hybridized carbons (Fsp3) is 0.143. The fourth-order valence-corrected chi connectivity index (χ4v) is 1.90. The highest BCUT2D eigenvalue weighted by molar-refractivity contribution is 5.37. The standard InChI is InChI=1S/C14H10N6/c15-6-12-13(7-16)20(10-19-12)9-14(18,8-17)11-4-2-1-3-5-11/h1-5,10H,9,18H2. The van der Waals surface area contributed by atoms with Crippen molar-refractivity contribution in [1.82, 2.24) is 9.55 Å². The van der Waals surface area contributed by atoms with E-state index in [4.69, 9.17) is 16.3 Å².